The average molecular weight is 254 g/mol. The van der Waals surface area contributed by atoms with Gasteiger partial charge in [-0.1, -0.05) is 12.1 Å². The van der Waals surface area contributed by atoms with Crippen LogP contribution in [-0.2, 0) is 0 Å². The van der Waals surface area contributed by atoms with E-state index in [1.807, 2.05) is 0 Å². The second-order valence-corrected chi connectivity index (χ2v) is 4.49. The Hall–Kier alpha value is -1.17. The molecule has 1 atom stereocenters. The molecule has 1 heterocycles. The molecule has 100 valence electrons. The lowest BCUT2D eigenvalue weighted by atomic mass is 10.00. The van der Waals surface area contributed by atoms with Gasteiger partial charge >= 0.3 is 0 Å². The number of hydrogen-bond donors (Lipinski definition) is 3. The Labute approximate surface area is 106 Å². The third kappa shape index (κ3) is 2.80. The maximum absolute atomic E-state index is 13.4. The highest BCUT2D eigenvalue weighted by Gasteiger charge is 2.24. The van der Waals surface area contributed by atoms with Gasteiger partial charge in [0.25, 0.3) is 0 Å². The minimum Gasteiger partial charge on any atom is -0.505 e. The minimum atomic E-state index is -0.606. The van der Waals surface area contributed by atoms with Crippen molar-refractivity contribution < 1.29 is 14.6 Å². The van der Waals surface area contributed by atoms with Gasteiger partial charge < -0.3 is 15.5 Å². The van der Waals surface area contributed by atoms with Crippen LogP contribution >= 0.6 is 0 Å². The summed E-state index contributed by atoms with van der Waals surface area (Å²) in [4.78, 5) is 2.17. The number of nitrogens with one attached hydrogen (secondary N) is 1. The van der Waals surface area contributed by atoms with Crippen molar-refractivity contribution in [2.45, 2.75) is 12.5 Å². The third-order valence-corrected chi connectivity index (χ3v) is 3.37. The van der Waals surface area contributed by atoms with Crippen LogP contribution in [0.5, 0.6) is 5.75 Å². The number of aliphatic hydroxyl groups excluding tert-OH is 1. The summed E-state index contributed by atoms with van der Waals surface area (Å²) in [5.41, 5.74) is 0.561. The van der Waals surface area contributed by atoms with Crippen LogP contribution in [0.4, 0.5) is 4.39 Å². The first kappa shape index (κ1) is 13.3. The largest absolute Gasteiger partial charge is 0.505 e. The van der Waals surface area contributed by atoms with E-state index in [1.165, 1.54) is 6.07 Å². The molecule has 0 unspecified atom stereocenters. The fraction of sp³-hybridized carbons (Fsp3) is 0.538. The number of halogens is 1. The van der Waals surface area contributed by atoms with E-state index >= 15 is 0 Å². The standard InChI is InChI=1S/C13H19FN2O2/c14-11-3-1-2-10(13(11)18)12(4-9-17)16-7-5-15-6-8-16/h1-3,12,15,17-18H,4-9H2/t12-/m0/s1. The van der Waals surface area contributed by atoms with Crippen LogP contribution in [0.2, 0.25) is 0 Å². The predicted molar refractivity (Wildman–Crippen MR) is 67.0 cm³/mol. The Bertz CT molecular complexity index is 395. The molecule has 0 amide bonds. The van der Waals surface area contributed by atoms with Gasteiger partial charge in [0.05, 0.1) is 0 Å². The monoisotopic (exact) mass is 254 g/mol. The van der Waals surface area contributed by atoms with Crippen molar-refractivity contribution in [1.82, 2.24) is 10.2 Å². The van der Waals surface area contributed by atoms with Gasteiger partial charge in [0, 0.05) is 44.4 Å². The molecule has 1 aromatic rings. The number of piperazine rings is 1. The molecule has 5 heteroatoms. The van der Waals surface area contributed by atoms with Crippen molar-refractivity contribution in [3.63, 3.8) is 0 Å². The lowest BCUT2D eigenvalue weighted by molar-refractivity contribution is 0.138. The Morgan fingerprint density at radius 1 is 1.33 bits per heavy atom. The molecule has 0 bridgehead atoms. The molecule has 18 heavy (non-hydrogen) atoms. The molecule has 0 aromatic heterocycles. The number of benzene rings is 1. The number of aliphatic hydroxyl groups is 1. The smallest absolute Gasteiger partial charge is 0.165 e. The van der Waals surface area contributed by atoms with Gasteiger partial charge in [-0.2, -0.15) is 0 Å². The van der Waals surface area contributed by atoms with Crippen LogP contribution in [0.1, 0.15) is 18.0 Å². The lowest BCUT2D eigenvalue weighted by Gasteiger charge is -2.35. The fourth-order valence-electron chi connectivity index (χ4n) is 2.45. The molecule has 0 spiro atoms. The highest BCUT2D eigenvalue weighted by molar-refractivity contribution is 5.36. The second-order valence-electron chi connectivity index (χ2n) is 4.49. The van der Waals surface area contributed by atoms with Gasteiger partial charge in [-0.3, -0.25) is 4.90 Å². The molecule has 2 rings (SSSR count). The van der Waals surface area contributed by atoms with E-state index in [-0.39, 0.29) is 18.4 Å². The van der Waals surface area contributed by atoms with Crippen LogP contribution in [-0.4, -0.2) is 47.9 Å². The summed E-state index contributed by atoms with van der Waals surface area (Å²) in [6.45, 7) is 3.43. The van der Waals surface area contributed by atoms with Gasteiger partial charge in [-0.05, 0) is 12.5 Å². The normalized spacial score (nSPS) is 18.8. The second kappa shape index (κ2) is 6.13. The summed E-state index contributed by atoms with van der Waals surface area (Å²) < 4.78 is 13.4. The van der Waals surface area contributed by atoms with E-state index in [4.69, 9.17) is 0 Å². The minimum absolute atomic E-state index is 0.0184. The Morgan fingerprint density at radius 3 is 2.72 bits per heavy atom. The molecule has 3 N–H and O–H groups in total. The molecule has 4 nitrogen and oxygen atoms in total. The molecule has 1 aromatic carbocycles. The van der Waals surface area contributed by atoms with E-state index in [0.717, 1.165) is 26.2 Å². The lowest BCUT2D eigenvalue weighted by Crippen LogP contribution is -2.45. The van der Waals surface area contributed by atoms with Crippen LogP contribution in [0.3, 0.4) is 0 Å². The first-order chi connectivity index (χ1) is 8.74. The van der Waals surface area contributed by atoms with E-state index in [1.54, 1.807) is 12.1 Å². The predicted octanol–water partition coefficient (Wildman–Crippen LogP) is 0.860. The molecule has 0 radical (unpaired) electrons. The number of aromatic hydroxyl groups is 1. The van der Waals surface area contributed by atoms with Gasteiger partial charge in [-0.15, -0.1) is 0 Å². The SMILES string of the molecule is OCC[C@@H](c1cccc(F)c1O)N1CCNCC1. The first-order valence-electron chi connectivity index (χ1n) is 6.27. The first-order valence-corrected chi connectivity index (χ1v) is 6.27. The summed E-state index contributed by atoms with van der Waals surface area (Å²) in [6, 6.07) is 4.43. The molecule has 1 aliphatic heterocycles. The Balaban J connectivity index is 2.25. The van der Waals surface area contributed by atoms with Gasteiger partial charge in [0.1, 0.15) is 0 Å². The summed E-state index contributed by atoms with van der Waals surface area (Å²) in [7, 11) is 0. The highest BCUT2D eigenvalue weighted by Crippen LogP contribution is 2.32. The van der Waals surface area contributed by atoms with Crippen molar-refractivity contribution in [3.05, 3.63) is 29.6 Å². The van der Waals surface area contributed by atoms with Crippen LogP contribution < -0.4 is 5.32 Å². The maximum Gasteiger partial charge on any atom is 0.165 e. The zero-order valence-electron chi connectivity index (χ0n) is 10.3. The van der Waals surface area contributed by atoms with Crippen LogP contribution in [0.15, 0.2) is 18.2 Å². The average Bonchev–Trinajstić information content (AvgIpc) is 2.41. The van der Waals surface area contributed by atoms with E-state index in [0.29, 0.717) is 12.0 Å². The maximum atomic E-state index is 13.4. The summed E-state index contributed by atoms with van der Waals surface area (Å²) in [6.07, 6.45) is 0.497. The summed E-state index contributed by atoms with van der Waals surface area (Å²) in [5, 5.41) is 22.2. The third-order valence-electron chi connectivity index (χ3n) is 3.37. The van der Waals surface area contributed by atoms with Crippen LogP contribution in [0.25, 0.3) is 0 Å². The molecule has 1 fully saturated rings. The van der Waals surface area contributed by atoms with E-state index in [9.17, 15) is 14.6 Å². The van der Waals surface area contributed by atoms with Crippen molar-refractivity contribution in [3.8, 4) is 5.75 Å². The van der Waals surface area contributed by atoms with E-state index < -0.39 is 5.82 Å². The highest BCUT2D eigenvalue weighted by atomic mass is 19.1. The Kier molecular flexibility index (Phi) is 4.52. The zero-order chi connectivity index (χ0) is 13.0. The Morgan fingerprint density at radius 2 is 2.06 bits per heavy atom. The summed E-state index contributed by atoms with van der Waals surface area (Å²) in [5.74, 6) is -0.903. The number of phenols is 1. The summed E-state index contributed by atoms with van der Waals surface area (Å²) >= 11 is 0. The number of phenolic OH excluding ortho intramolecular Hbond substituents is 1. The molecule has 0 saturated carbocycles. The van der Waals surface area contributed by atoms with Crippen LogP contribution in [0, 0.1) is 5.82 Å². The molecule has 0 aliphatic carbocycles. The number of rotatable bonds is 4. The molecule has 1 aliphatic rings. The van der Waals surface area contributed by atoms with E-state index in [2.05, 4.69) is 10.2 Å². The number of nitrogens with zero attached hydrogens (tertiary/aromatic N) is 1. The number of para-hydroxylation sites is 1. The van der Waals surface area contributed by atoms with Gasteiger partial charge in [-0.25, -0.2) is 4.39 Å². The van der Waals surface area contributed by atoms with Gasteiger partial charge in [0.2, 0.25) is 0 Å². The van der Waals surface area contributed by atoms with Crippen molar-refractivity contribution >= 4 is 0 Å². The molecule has 1 saturated heterocycles. The zero-order valence-corrected chi connectivity index (χ0v) is 10.3. The fourth-order valence-corrected chi connectivity index (χ4v) is 2.45. The van der Waals surface area contributed by atoms with Crippen molar-refractivity contribution in [2.24, 2.45) is 0 Å². The van der Waals surface area contributed by atoms with Crippen molar-refractivity contribution in [1.29, 1.82) is 0 Å². The molecular weight excluding hydrogens is 235 g/mol. The van der Waals surface area contributed by atoms with Crippen molar-refractivity contribution in [2.75, 3.05) is 32.8 Å². The topological polar surface area (TPSA) is 55.7 Å². The van der Waals surface area contributed by atoms with Gasteiger partial charge in [0.15, 0.2) is 11.6 Å². The molecular formula is C13H19FN2O2. The number of hydrogen-bond acceptors (Lipinski definition) is 4. The quantitative estimate of drug-likeness (QED) is 0.746.